The number of rotatable bonds is 34. The van der Waals surface area contributed by atoms with Crippen LogP contribution in [0.15, 0.2) is 0 Å². The van der Waals surface area contributed by atoms with Crippen LogP contribution in [-0.2, 0) is 67.0 Å². The maximum absolute atomic E-state index is 12.2. The van der Waals surface area contributed by atoms with E-state index in [-0.39, 0.29) is 162 Å². The molecule has 19 heteroatoms. The smallest absolute Gasteiger partial charge is 0.233 e. The highest BCUT2D eigenvalue weighted by Crippen LogP contribution is 2.29. The molecule has 3 atom stereocenters. The molecule has 0 saturated carbocycles. The Kier molecular flexibility index (Phi) is 37.8. The third-order valence-corrected chi connectivity index (χ3v) is 14.6. The Balaban J connectivity index is 0.00000109. The molecule has 2 N–H and O–H groups in total. The topological polar surface area (TPSA) is 257 Å². The number of amides is 8. The first-order chi connectivity index (χ1) is 38.1. The van der Waals surface area contributed by atoms with Gasteiger partial charge in [-0.25, -0.2) is 0 Å². The third kappa shape index (κ3) is 31.0. The Bertz CT molecular complexity index is 2070. The van der Waals surface area contributed by atoms with E-state index in [0.29, 0.717) is 76.7 Å². The molecule has 3 saturated heterocycles. The average molecular weight is 1160 g/mol. The summed E-state index contributed by atoms with van der Waals surface area (Å²) in [5, 5.41) is 5.59. The summed E-state index contributed by atoms with van der Waals surface area (Å²) in [6, 6.07) is 0. The maximum atomic E-state index is 12.2. The summed E-state index contributed by atoms with van der Waals surface area (Å²) in [5.74, 6) is 0.345. The number of nitrogens with zero attached hydrogens (tertiary/aromatic N) is 3. The van der Waals surface area contributed by atoms with Crippen molar-refractivity contribution in [3.05, 3.63) is 0 Å². The van der Waals surface area contributed by atoms with E-state index in [9.17, 15) is 57.5 Å². The molecule has 0 spiro atoms. The van der Waals surface area contributed by atoms with Gasteiger partial charge < -0.3 is 20.1 Å². The summed E-state index contributed by atoms with van der Waals surface area (Å²) in [4.78, 5) is 145. The third-order valence-electron chi connectivity index (χ3n) is 14.6. The second kappa shape index (κ2) is 40.3. The number of ketones is 4. The van der Waals surface area contributed by atoms with Gasteiger partial charge in [-0.15, -0.1) is 0 Å². The van der Waals surface area contributed by atoms with E-state index in [2.05, 4.69) is 10.6 Å². The number of ether oxygens (including phenoxy) is 2. The average Bonchev–Trinajstić information content (AvgIpc) is 4.02. The molecule has 0 radical (unpaired) electrons. The van der Waals surface area contributed by atoms with Crippen LogP contribution in [0.3, 0.4) is 0 Å². The SMILES string of the molecule is CC(C)C(=O)CCCCCN1C(=O)CC(C(C)C)C1=O.CC(C)C(=O)CCN1C(=O)CC(C(C)C)C1=O.CC(C)C(=O)COCCOCCNC(=O)CCN1C(=O)CC(C(C)C)C1=O.CC(C)CC(=O)NCCCCCC(=O)C(C)(C)C. The second-order valence-corrected chi connectivity index (χ2v) is 25.4. The van der Waals surface area contributed by atoms with Gasteiger partial charge in [0.05, 0.1) is 19.8 Å². The fraction of sp³-hybridized carbons (Fsp3) is 0.810. The van der Waals surface area contributed by atoms with Crippen LogP contribution in [0.4, 0.5) is 0 Å². The molecule has 0 aromatic carbocycles. The van der Waals surface area contributed by atoms with Crippen LogP contribution in [0.5, 0.6) is 0 Å². The molecular formula is C63H109N5O14. The lowest BCUT2D eigenvalue weighted by atomic mass is 9.88. The summed E-state index contributed by atoms with van der Waals surface area (Å²) in [5.41, 5.74) is -0.217. The lowest BCUT2D eigenvalue weighted by Gasteiger charge is -2.16. The van der Waals surface area contributed by atoms with Crippen molar-refractivity contribution in [1.29, 1.82) is 0 Å². The Labute approximate surface area is 492 Å². The lowest BCUT2D eigenvalue weighted by Crippen LogP contribution is -2.36. The van der Waals surface area contributed by atoms with Crippen molar-refractivity contribution in [3.8, 4) is 0 Å². The van der Waals surface area contributed by atoms with Gasteiger partial charge >= 0.3 is 0 Å². The fourth-order valence-corrected chi connectivity index (χ4v) is 8.70. The molecule has 3 aliphatic rings. The molecule has 3 aliphatic heterocycles. The van der Waals surface area contributed by atoms with Gasteiger partial charge in [-0.05, 0) is 49.4 Å². The van der Waals surface area contributed by atoms with Crippen LogP contribution in [0.2, 0.25) is 0 Å². The van der Waals surface area contributed by atoms with Gasteiger partial charge in [0.15, 0.2) is 5.78 Å². The number of nitrogens with one attached hydrogen (secondary N) is 2. The predicted octanol–water partition coefficient (Wildman–Crippen LogP) is 8.54. The molecule has 82 heavy (non-hydrogen) atoms. The highest BCUT2D eigenvalue weighted by molar-refractivity contribution is 6.05. The van der Waals surface area contributed by atoms with Crippen LogP contribution >= 0.6 is 0 Å². The van der Waals surface area contributed by atoms with Crippen molar-refractivity contribution < 1.29 is 67.0 Å². The summed E-state index contributed by atoms with van der Waals surface area (Å²) in [7, 11) is 0. The van der Waals surface area contributed by atoms with Crippen molar-refractivity contribution >= 4 is 70.4 Å². The van der Waals surface area contributed by atoms with Crippen molar-refractivity contribution in [3.63, 3.8) is 0 Å². The molecule has 3 heterocycles. The summed E-state index contributed by atoms with van der Waals surface area (Å²) < 4.78 is 10.5. The van der Waals surface area contributed by atoms with Gasteiger partial charge in [-0.1, -0.05) is 131 Å². The molecular weight excluding hydrogens is 1050 g/mol. The zero-order valence-corrected chi connectivity index (χ0v) is 53.6. The normalized spacial score (nSPS) is 17.3. The second-order valence-electron chi connectivity index (χ2n) is 25.4. The van der Waals surface area contributed by atoms with Gasteiger partial charge in [0.25, 0.3) is 0 Å². The first-order valence-electron chi connectivity index (χ1n) is 30.5. The van der Waals surface area contributed by atoms with Crippen molar-refractivity contribution in [2.24, 2.45) is 64.6 Å². The van der Waals surface area contributed by atoms with E-state index in [1.165, 1.54) is 14.7 Å². The Hall–Kier alpha value is -5.04. The van der Waals surface area contributed by atoms with Crippen LogP contribution in [0.1, 0.15) is 208 Å². The summed E-state index contributed by atoms with van der Waals surface area (Å²) in [6.07, 6.45) is 8.55. The van der Waals surface area contributed by atoms with Crippen molar-refractivity contribution in [1.82, 2.24) is 25.3 Å². The maximum Gasteiger partial charge on any atom is 0.233 e. The number of likely N-dealkylation sites (tertiary alicyclic amines) is 3. The molecule has 0 bridgehead atoms. The fourth-order valence-electron chi connectivity index (χ4n) is 8.70. The molecule has 19 nitrogen and oxygen atoms in total. The zero-order chi connectivity index (χ0) is 63.0. The number of unbranched alkanes of at least 4 members (excludes halogenated alkanes) is 4. The molecule has 0 aromatic heterocycles. The molecule has 3 unspecified atom stereocenters. The van der Waals surface area contributed by atoms with Crippen LogP contribution in [0.25, 0.3) is 0 Å². The number of hydrogen-bond donors (Lipinski definition) is 2. The van der Waals surface area contributed by atoms with Gasteiger partial charge in [0.1, 0.15) is 24.0 Å². The number of hydrogen-bond acceptors (Lipinski definition) is 14. The van der Waals surface area contributed by atoms with Crippen LogP contribution < -0.4 is 10.6 Å². The van der Waals surface area contributed by atoms with E-state index < -0.39 is 0 Å². The summed E-state index contributed by atoms with van der Waals surface area (Å²) in [6.45, 7) is 35.8. The van der Waals surface area contributed by atoms with Crippen LogP contribution in [-0.4, -0.2) is 144 Å². The minimum Gasteiger partial charge on any atom is -0.377 e. The summed E-state index contributed by atoms with van der Waals surface area (Å²) >= 11 is 0. The molecule has 0 aliphatic carbocycles. The number of carbonyl (C=O) groups is 12. The molecule has 0 aromatic rings. The van der Waals surface area contributed by atoms with E-state index in [4.69, 9.17) is 9.47 Å². The molecule has 3 rings (SSSR count). The van der Waals surface area contributed by atoms with E-state index in [0.717, 1.165) is 45.1 Å². The Morgan fingerprint density at radius 3 is 1.28 bits per heavy atom. The molecule has 8 amide bonds. The van der Waals surface area contributed by atoms with Crippen molar-refractivity contribution in [2.75, 3.05) is 59.2 Å². The molecule has 3 fully saturated rings. The van der Waals surface area contributed by atoms with E-state index >= 15 is 0 Å². The van der Waals surface area contributed by atoms with Gasteiger partial charge in [-0.2, -0.15) is 0 Å². The molecule has 470 valence electrons. The monoisotopic (exact) mass is 1160 g/mol. The Morgan fingerprint density at radius 1 is 0.451 bits per heavy atom. The van der Waals surface area contributed by atoms with E-state index in [1.807, 2.05) is 118 Å². The highest BCUT2D eigenvalue weighted by Gasteiger charge is 2.42. The quantitative estimate of drug-likeness (QED) is 0.0452. The van der Waals surface area contributed by atoms with Crippen LogP contribution in [0, 0.1) is 64.6 Å². The largest absolute Gasteiger partial charge is 0.377 e. The highest BCUT2D eigenvalue weighted by atomic mass is 16.5. The first-order valence-corrected chi connectivity index (χ1v) is 30.5. The first kappa shape index (κ1) is 77.0. The van der Waals surface area contributed by atoms with Gasteiger partial charge in [0, 0.05) is 125 Å². The minimum absolute atomic E-state index is 0.0109. The minimum atomic E-state index is -0.271. The van der Waals surface area contributed by atoms with Gasteiger partial charge in [-0.3, -0.25) is 72.2 Å². The zero-order valence-electron chi connectivity index (χ0n) is 53.6. The van der Waals surface area contributed by atoms with E-state index in [1.54, 1.807) is 0 Å². The standard InChI is InChI=1S/C19H32N2O6.C16H27NO3.C15H29NO2.C13H21NO3/c1-13(2)15-11-18(24)21(19(15)25)7-5-17(23)20-6-8-26-9-10-27-12-16(22)14(3)4;1-11(2)13-10-15(19)17(16(13)20)9-7-5-6-8-14(18)12(3)4;1-12(2)11-14(18)16-10-8-6-7-9-13(17)15(3,4)5;1-8(2)10-7-12(16)14(13(10)17)6-5-11(15)9(3)4/h13-15H,5-12H2,1-4H3,(H,20,23);11-13H,5-10H2,1-4H3;12H,6-11H2,1-5H3,(H,16,18);8-10H,5-7H2,1-4H3. The van der Waals surface area contributed by atoms with Crippen molar-refractivity contribution in [2.45, 2.75) is 208 Å². The number of carbonyl (C=O) groups excluding carboxylic acids is 12. The van der Waals surface area contributed by atoms with Gasteiger partial charge in [0.2, 0.25) is 47.3 Å². The number of Topliss-reactive ketones (excluding diaryl/α,β-unsaturated/α-hetero) is 4. The predicted molar refractivity (Wildman–Crippen MR) is 316 cm³/mol. The lowest BCUT2D eigenvalue weighted by molar-refractivity contribution is -0.142. The Morgan fingerprint density at radius 2 is 0.854 bits per heavy atom. The number of imide groups is 3.